The van der Waals surface area contributed by atoms with E-state index in [1.165, 1.54) is 35.6 Å². The Bertz CT molecular complexity index is 1250. The number of ether oxygens (including phenoxy) is 2. The van der Waals surface area contributed by atoms with E-state index >= 15 is 0 Å². The lowest BCUT2D eigenvalue weighted by molar-refractivity contribution is 0.102. The molecule has 1 aliphatic heterocycles. The van der Waals surface area contributed by atoms with E-state index in [2.05, 4.69) is 15.4 Å². The van der Waals surface area contributed by atoms with Gasteiger partial charge in [0.15, 0.2) is 11.5 Å². The molecule has 0 aliphatic carbocycles. The van der Waals surface area contributed by atoms with Crippen molar-refractivity contribution in [2.75, 3.05) is 12.1 Å². The first-order valence-corrected chi connectivity index (χ1v) is 9.94. The maximum atomic E-state index is 13.1. The van der Waals surface area contributed by atoms with Crippen molar-refractivity contribution in [3.8, 4) is 27.9 Å². The molecule has 0 saturated heterocycles. The number of carbonyl (C=O) groups excluding carboxylic acids is 1. The summed E-state index contributed by atoms with van der Waals surface area (Å²) in [7, 11) is 0. The van der Waals surface area contributed by atoms with Gasteiger partial charge in [-0.15, -0.1) is 11.3 Å². The average Bonchev–Trinajstić information content (AvgIpc) is 3.47. The highest BCUT2D eigenvalue weighted by Crippen LogP contribution is 2.36. The van der Waals surface area contributed by atoms with Crippen LogP contribution in [0.3, 0.4) is 0 Å². The molecule has 1 amide bonds. The molecule has 7 nitrogen and oxygen atoms in total. The minimum Gasteiger partial charge on any atom is -0.454 e. The molecule has 2 aromatic heterocycles. The first kappa shape index (κ1) is 18.3. The monoisotopic (exact) mass is 422 g/mol. The molecule has 5 rings (SSSR count). The van der Waals surface area contributed by atoms with Gasteiger partial charge in [-0.25, -0.2) is 9.37 Å². The van der Waals surface area contributed by atoms with E-state index in [-0.39, 0.29) is 12.7 Å². The average molecular weight is 422 g/mol. The van der Waals surface area contributed by atoms with Crippen LogP contribution < -0.4 is 14.8 Å². The van der Waals surface area contributed by atoms with Gasteiger partial charge in [0.05, 0.1) is 11.4 Å². The highest BCUT2D eigenvalue weighted by molar-refractivity contribution is 7.12. The Balaban J connectivity index is 1.43. The summed E-state index contributed by atoms with van der Waals surface area (Å²) < 4.78 is 25.5. The zero-order chi connectivity index (χ0) is 20.7. The Morgan fingerprint density at radius 2 is 1.93 bits per heavy atom. The van der Waals surface area contributed by atoms with Gasteiger partial charge in [0.2, 0.25) is 11.9 Å². The molecular formula is C21H15FN4O3S. The van der Waals surface area contributed by atoms with Crippen molar-refractivity contribution in [2.24, 2.45) is 0 Å². The van der Waals surface area contributed by atoms with Crippen molar-refractivity contribution in [3.05, 3.63) is 71.0 Å². The van der Waals surface area contributed by atoms with Crippen LogP contribution >= 0.6 is 11.3 Å². The first-order chi connectivity index (χ1) is 14.6. The van der Waals surface area contributed by atoms with Crippen molar-refractivity contribution in [1.29, 1.82) is 0 Å². The van der Waals surface area contributed by atoms with Crippen LogP contribution in [0, 0.1) is 12.7 Å². The highest BCUT2D eigenvalue weighted by Gasteiger charge is 2.18. The minimum atomic E-state index is -0.397. The number of anilines is 1. The van der Waals surface area contributed by atoms with E-state index in [0.29, 0.717) is 28.0 Å². The van der Waals surface area contributed by atoms with E-state index < -0.39 is 5.82 Å². The number of thiazole rings is 1. The molecule has 150 valence electrons. The van der Waals surface area contributed by atoms with E-state index in [4.69, 9.17) is 9.47 Å². The number of fused-ring (bicyclic) bond motifs is 1. The first-order valence-electron chi connectivity index (χ1n) is 9.06. The predicted molar refractivity (Wildman–Crippen MR) is 110 cm³/mol. The number of aromatic nitrogens is 3. The molecule has 0 fully saturated rings. The fraction of sp³-hybridized carbons (Fsp3) is 0.0952. The lowest BCUT2D eigenvalue weighted by Gasteiger charge is -2.06. The van der Waals surface area contributed by atoms with Crippen LogP contribution in [-0.2, 0) is 0 Å². The van der Waals surface area contributed by atoms with Crippen molar-refractivity contribution in [3.63, 3.8) is 0 Å². The lowest BCUT2D eigenvalue weighted by atomic mass is 10.1. The number of nitrogens with one attached hydrogen (secondary N) is 1. The van der Waals surface area contributed by atoms with Crippen molar-refractivity contribution < 1.29 is 18.7 Å². The molecule has 0 saturated carbocycles. The van der Waals surface area contributed by atoms with Gasteiger partial charge in [0.25, 0.3) is 5.91 Å². The maximum Gasteiger partial charge on any atom is 0.256 e. The number of hydrogen-bond donors (Lipinski definition) is 1. The van der Waals surface area contributed by atoms with Crippen LogP contribution in [0.2, 0.25) is 0 Å². The van der Waals surface area contributed by atoms with Gasteiger partial charge in [-0.2, -0.15) is 9.78 Å². The number of amides is 1. The second kappa shape index (κ2) is 7.27. The standard InChI is InChI=1S/C21H15FN4O3S/c1-12-8-19(24-20(27)13-2-5-15(22)6-3-13)26(25-12)21-23-16(10-30-21)14-4-7-17-18(9-14)29-11-28-17/h2-10H,11H2,1H3,(H,24,27). The normalized spacial score (nSPS) is 12.2. The molecule has 0 spiro atoms. The molecule has 0 atom stereocenters. The fourth-order valence-electron chi connectivity index (χ4n) is 3.07. The summed E-state index contributed by atoms with van der Waals surface area (Å²) in [4.78, 5) is 17.2. The minimum absolute atomic E-state index is 0.213. The number of hydrogen-bond acceptors (Lipinski definition) is 6. The third-order valence-corrected chi connectivity index (χ3v) is 5.34. The van der Waals surface area contributed by atoms with Crippen LogP contribution in [0.15, 0.2) is 53.9 Å². The second-order valence-corrected chi connectivity index (χ2v) is 7.46. The van der Waals surface area contributed by atoms with Crippen LogP contribution in [0.1, 0.15) is 16.1 Å². The Labute approximate surface area is 174 Å². The third-order valence-electron chi connectivity index (χ3n) is 4.52. The molecule has 30 heavy (non-hydrogen) atoms. The van der Waals surface area contributed by atoms with E-state index in [0.717, 1.165) is 17.0 Å². The highest BCUT2D eigenvalue weighted by atomic mass is 32.1. The van der Waals surface area contributed by atoms with E-state index in [9.17, 15) is 9.18 Å². The Morgan fingerprint density at radius 1 is 1.13 bits per heavy atom. The lowest BCUT2D eigenvalue weighted by Crippen LogP contribution is -2.15. The van der Waals surface area contributed by atoms with Crippen molar-refractivity contribution in [2.45, 2.75) is 6.92 Å². The topological polar surface area (TPSA) is 78.3 Å². The smallest absolute Gasteiger partial charge is 0.256 e. The number of aryl methyl sites for hydroxylation is 1. The van der Waals surface area contributed by atoms with Crippen molar-refractivity contribution in [1.82, 2.24) is 14.8 Å². The quantitative estimate of drug-likeness (QED) is 0.527. The molecule has 1 N–H and O–H groups in total. The van der Waals surface area contributed by atoms with Crippen molar-refractivity contribution >= 4 is 23.1 Å². The number of rotatable bonds is 4. The van der Waals surface area contributed by atoms with Crippen LogP contribution in [-0.4, -0.2) is 27.5 Å². The van der Waals surface area contributed by atoms with Gasteiger partial charge in [-0.1, -0.05) is 0 Å². The molecule has 9 heteroatoms. The summed E-state index contributed by atoms with van der Waals surface area (Å²) in [5.74, 6) is 1.12. The van der Waals surface area contributed by atoms with Gasteiger partial charge in [-0.3, -0.25) is 4.79 Å². The summed E-state index contributed by atoms with van der Waals surface area (Å²) in [5, 5.41) is 9.78. The molecular weight excluding hydrogens is 407 g/mol. The molecule has 1 aliphatic rings. The summed E-state index contributed by atoms with van der Waals surface area (Å²) in [6, 6.07) is 12.8. The maximum absolute atomic E-state index is 13.1. The summed E-state index contributed by atoms with van der Waals surface area (Å²) >= 11 is 1.40. The number of halogens is 1. The predicted octanol–water partition coefficient (Wildman–Crippen LogP) is 4.42. The third kappa shape index (κ3) is 3.39. The van der Waals surface area contributed by atoms with Gasteiger partial charge in [0, 0.05) is 22.6 Å². The summed E-state index contributed by atoms with van der Waals surface area (Å²) in [5.41, 5.74) is 2.73. The Morgan fingerprint density at radius 3 is 2.77 bits per heavy atom. The van der Waals surface area contributed by atoms with Gasteiger partial charge in [-0.05, 0) is 49.4 Å². The van der Waals surface area contributed by atoms with Gasteiger partial charge >= 0.3 is 0 Å². The van der Waals surface area contributed by atoms with Gasteiger partial charge in [0.1, 0.15) is 11.6 Å². The van der Waals surface area contributed by atoms with Gasteiger partial charge < -0.3 is 14.8 Å². The van der Waals surface area contributed by atoms with Crippen LogP contribution in [0.4, 0.5) is 10.2 Å². The molecule has 3 heterocycles. The molecule has 0 radical (unpaired) electrons. The number of benzene rings is 2. The van der Waals surface area contributed by atoms with E-state index in [1.807, 2.05) is 30.5 Å². The van der Waals surface area contributed by atoms with Crippen LogP contribution in [0.25, 0.3) is 16.4 Å². The molecule has 2 aromatic carbocycles. The Kier molecular flexibility index (Phi) is 4.44. The fourth-order valence-corrected chi connectivity index (χ4v) is 3.87. The van der Waals surface area contributed by atoms with Crippen LogP contribution in [0.5, 0.6) is 11.5 Å². The largest absolute Gasteiger partial charge is 0.454 e. The summed E-state index contributed by atoms with van der Waals surface area (Å²) in [6.07, 6.45) is 0. The SMILES string of the molecule is Cc1cc(NC(=O)c2ccc(F)cc2)n(-c2nc(-c3ccc4c(c3)OCO4)cs2)n1. The molecule has 4 aromatic rings. The number of nitrogens with zero attached hydrogens (tertiary/aromatic N) is 3. The second-order valence-electron chi connectivity index (χ2n) is 6.63. The molecule has 0 unspecified atom stereocenters. The summed E-state index contributed by atoms with van der Waals surface area (Å²) in [6.45, 7) is 2.04. The Hall–Kier alpha value is -3.72. The zero-order valence-electron chi connectivity index (χ0n) is 15.8. The molecule has 0 bridgehead atoms. The zero-order valence-corrected chi connectivity index (χ0v) is 16.6. The van der Waals surface area contributed by atoms with E-state index in [1.54, 1.807) is 10.7 Å². The number of carbonyl (C=O) groups is 1.